The first kappa shape index (κ1) is 22.5. The van der Waals surface area contributed by atoms with Crippen molar-refractivity contribution in [3.8, 4) is 0 Å². The molecule has 6 nitrogen and oxygen atoms in total. The van der Waals surface area contributed by atoms with E-state index in [1.165, 1.54) is 0 Å². The summed E-state index contributed by atoms with van der Waals surface area (Å²) in [6.07, 6.45) is 0.565. The standard InChI is InChI=1S/C20H38N4O2/c1-18(2,3)14-23(11-10-12-25)17(26)21-16-13-15(19(4,5)6)22-24(16)20(7,8)9/h13,25H,10-12,14H2,1-9H3,(H,21,26). The molecule has 1 aromatic heterocycles. The third-order valence-corrected chi connectivity index (χ3v) is 3.89. The van der Waals surface area contributed by atoms with Crippen LogP contribution < -0.4 is 5.32 Å². The molecule has 0 atom stereocenters. The molecule has 0 bridgehead atoms. The number of urea groups is 1. The molecule has 0 unspecified atom stereocenters. The number of hydrogen-bond donors (Lipinski definition) is 2. The van der Waals surface area contributed by atoms with Crippen molar-refractivity contribution in [1.82, 2.24) is 14.7 Å². The van der Waals surface area contributed by atoms with Gasteiger partial charge in [0.25, 0.3) is 0 Å². The molecule has 2 N–H and O–H groups in total. The monoisotopic (exact) mass is 366 g/mol. The van der Waals surface area contributed by atoms with Gasteiger partial charge in [-0.3, -0.25) is 5.32 Å². The maximum Gasteiger partial charge on any atom is 0.323 e. The van der Waals surface area contributed by atoms with E-state index in [9.17, 15) is 4.79 Å². The second-order valence-corrected chi connectivity index (χ2v) is 10.2. The van der Waals surface area contributed by atoms with Gasteiger partial charge in [-0.05, 0) is 32.6 Å². The van der Waals surface area contributed by atoms with Gasteiger partial charge in [-0.25, -0.2) is 9.48 Å². The first-order chi connectivity index (χ1) is 11.6. The fraction of sp³-hybridized carbons (Fsp3) is 0.800. The van der Waals surface area contributed by atoms with Crippen LogP contribution in [0.2, 0.25) is 0 Å². The molecule has 0 saturated carbocycles. The first-order valence-corrected chi connectivity index (χ1v) is 9.43. The van der Waals surface area contributed by atoms with Gasteiger partial charge in [-0.1, -0.05) is 41.5 Å². The summed E-state index contributed by atoms with van der Waals surface area (Å²) in [5, 5.41) is 16.9. The lowest BCUT2D eigenvalue weighted by molar-refractivity contribution is 0.175. The van der Waals surface area contributed by atoms with Crippen LogP contribution in [0.15, 0.2) is 6.07 Å². The van der Waals surface area contributed by atoms with E-state index in [1.807, 2.05) is 10.7 Å². The summed E-state index contributed by atoms with van der Waals surface area (Å²) in [5.74, 6) is 0.704. The van der Waals surface area contributed by atoms with Crippen LogP contribution in [0.4, 0.5) is 10.6 Å². The Balaban J connectivity index is 3.13. The van der Waals surface area contributed by atoms with Crippen LogP contribution in [0.3, 0.4) is 0 Å². The highest BCUT2D eigenvalue weighted by molar-refractivity contribution is 5.88. The van der Waals surface area contributed by atoms with E-state index in [4.69, 9.17) is 10.2 Å². The lowest BCUT2D eigenvalue weighted by Gasteiger charge is -2.30. The molecular weight excluding hydrogens is 328 g/mol. The van der Waals surface area contributed by atoms with Crippen molar-refractivity contribution in [3.05, 3.63) is 11.8 Å². The van der Waals surface area contributed by atoms with Crippen molar-refractivity contribution in [3.63, 3.8) is 0 Å². The van der Waals surface area contributed by atoms with Gasteiger partial charge in [0.05, 0.1) is 11.2 Å². The second kappa shape index (κ2) is 7.99. The maximum atomic E-state index is 12.9. The minimum absolute atomic E-state index is 0.0202. The molecule has 0 spiro atoms. The van der Waals surface area contributed by atoms with E-state index >= 15 is 0 Å². The molecular formula is C20H38N4O2. The molecule has 1 heterocycles. The van der Waals surface area contributed by atoms with Gasteiger partial charge in [-0.15, -0.1) is 0 Å². The molecule has 0 fully saturated rings. The number of carbonyl (C=O) groups is 1. The van der Waals surface area contributed by atoms with E-state index in [0.717, 1.165) is 5.69 Å². The highest BCUT2D eigenvalue weighted by atomic mass is 16.3. The number of amides is 2. The highest BCUT2D eigenvalue weighted by Gasteiger charge is 2.27. The van der Waals surface area contributed by atoms with Crippen LogP contribution in [0.1, 0.15) is 74.4 Å². The van der Waals surface area contributed by atoms with Crippen LogP contribution >= 0.6 is 0 Å². The van der Waals surface area contributed by atoms with Crippen LogP contribution in [-0.2, 0) is 11.0 Å². The Morgan fingerprint density at radius 1 is 1.15 bits per heavy atom. The largest absolute Gasteiger partial charge is 0.396 e. The summed E-state index contributed by atoms with van der Waals surface area (Å²) in [7, 11) is 0. The average molecular weight is 367 g/mol. The van der Waals surface area contributed by atoms with Crippen LogP contribution in [0.25, 0.3) is 0 Å². The van der Waals surface area contributed by atoms with Gasteiger partial charge in [0.1, 0.15) is 5.82 Å². The highest BCUT2D eigenvalue weighted by Crippen LogP contribution is 2.28. The number of aromatic nitrogens is 2. The molecule has 150 valence electrons. The normalized spacial score (nSPS) is 13.0. The Labute approximate surface area is 159 Å². The number of carbonyl (C=O) groups excluding carboxylic acids is 1. The first-order valence-electron chi connectivity index (χ1n) is 9.43. The lowest BCUT2D eigenvalue weighted by atomic mass is 9.92. The number of rotatable bonds is 5. The number of aliphatic hydroxyl groups is 1. The van der Waals surface area contributed by atoms with E-state index < -0.39 is 0 Å². The Bertz CT molecular complexity index is 601. The summed E-state index contributed by atoms with van der Waals surface area (Å²) in [6.45, 7) is 20.1. The summed E-state index contributed by atoms with van der Waals surface area (Å²) < 4.78 is 1.88. The minimum atomic E-state index is -0.244. The van der Waals surface area contributed by atoms with Crippen molar-refractivity contribution in [1.29, 1.82) is 0 Å². The number of nitrogens with one attached hydrogen (secondary N) is 1. The Kier molecular flexibility index (Phi) is 6.91. The molecule has 0 radical (unpaired) electrons. The minimum Gasteiger partial charge on any atom is -0.396 e. The summed E-state index contributed by atoms with van der Waals surface area (Å²) in [5.41, 5.74) is 0.581. The molecule has 0 saturated heterocycles. The van der Waals surface area contributed by atoms with Crippen molar-refractivity contribution >= 4 is 11.8 Å². The van der Waals surface area contributed by atoms with E-state index in [0.29, 0.717) is 25.3 Å². The molecule has 0 aromatic carbocycles. The zero-order chi connectivity index (χ0) is 20.3. The van der Waals surface area contributed by atoms with Gasteiger partial charge in [0.2, 0.25) is 0 Å². The fourth-order valence-corrected chi connectivity index (χ4v) is 2.62. The average Bonchev–Trinajstić information content (AvgIpc) is 2.86. The van der Waals surface area contributed by atoms with Gasteiger partial charge in [0.15, 0.2) is 0 Å². The van der Waals surface area contributed by atoms with Crippen LogP contribution in [-0.4, -0.2) is 45.5 Å². The van der Waals surface area contributed by atoms with Crippen molar-refractivity contribution in [2.45, 2.75) is 79.7 Å². The maximum absolute atomic E-state index is 12.9. The van der Waals surface area contributed by atoms with Gasteiger partial charge < -0.3 is 10.0 Å². The summed E-state index contributed by atoms with van der Waals surface area (Å²) in [6, 6.07) is 1.81. The van der Waals surface area contributed by atoms with E-state index in [-0.39, 0.29) is 29.0 Å². The van der Waals surface area contributed by atoms with Crippen molar-refractivity contribution < 1.29 is 9.90 Å². The smallest absolute Gasteiger partial charge is 0.323 e. The molecule has 1 rings (SSSR count). The van der Waals surface area contributed by atoms with Crippen LogP contribution in [0.5, 0.6) is 0 Å². The lowest BCUT2D eigenvalue weighted by Crippen LogP contribution is -2.42. The zero-order valence-corrected chi connectivity index (χ0v) is 18.1. The molecule has 26 heavy (non-hydrogen) atoms. The Morgan fingerprint density at radius 3 is 2.15 bits per heavy atom. The second-order valence-electron chi connectivity index (χ2n) is 10.2. The predicted molar refractivity (Wildman–Crippen MR) is 108 cm³/mol. The summed E-state index contributed by atoms with van der Waals surface area (Å²) >= 11 is 0. The van der Waals surface area contributed by atoms with E-state index in [1.54, 1.807) is 4.90 Å². The molecule has 0 aliphatic carbocycles. The summed E-state index contributed by atoms with van der Waals surface area (Å²) in [4.78, 5) is 14.7. The molecule has 6 heteroatoms. The number of nitrogens with zero attached hydrogens (tertiary/aromatic N) is 3. The van der Waals surface area contributed by atoms with Gasteiger partial charge >= 0.3 is 6.03 Å². The van der Waals surface area contributed by atoms with Gasteiger partial charge in [-0.2, -0.15) is 5.10 Å². The van der Waals surface area contributed by atoms with Gasteiger partial charge in [0, 0.05) is 31.2 Å². The topological polar surface area (TPSA) is 70.4 Å². The predicted octanol–water partition coefficient (Wildman–Crippen LogP) is 4.20. The molecule has 0 aliphatic rings. The Morgan fingerprint density at radius 2 is 1.73 bits per heavy atom. The quantitative estimate of drug-likeness (QED) is 0.820. The number of hydrogen-bond acceptors (Lipinski definition) is 3. The Hall–Kier alpha value is -1.56. The SMILES string of the molecule is CC(C)(C)CN(CCCO)C(=O)Nc1cc(C(C)(C)C)nn1C(C)(C)C. The molecule has 0 aliphatic heterocycles. The third-order valence-electron chi connectivity index (χ3n) is 3.89. The van der Waals surface area contributed by atoms with E-state index in [2.05, 4.69) is 67.6 Å². The van der Waals surface area contributed by atoms with Crippen molar-refractivity contribution in [2.24, 2.45) is 5.41 Å². The number of aliphatic hydroxyl groups excluding tert-OH is 1. The molecule has 2 amide bonds. The van der Waals surface area contributed by atoms with Crippen molar-refractivity contribution in [2.75, 3.05) is 25.0 Å². The van der Waals surface area contributed by atoms with Crippen LogP contribution in [0, 0.1) is 5.41 Å². The fourth-order valence-electron chi connectivity index (χ4n) is 2.62. The third kappa shape index (κ3) is 6.63. The zero-order valence-electron chi connectivity index (χ0n) is 18.1. The molecule has 1 aromatic rings. The number of anilines is 1.